The second kappa shape index (κ2) is 21.9. The van der Waals surface area contributed by atoms with Gasteiger partial charge in [-0.3, -0.25) is 4.79 Å². The Morgan fingerprint density at radius 1 is 0.967 bits per heavy atom. The molecule has 1 atom stereocenters. The average molecular weight is 456 g/mol. The minimum atomic E-state index is -5.26. The Labute approximate surface area is 222 Å². The molecule has 0 aliphatic rings. The van der Waals surface area contributed by atoms with Crippen molar-refractivity contribution in [3.05, 3.63) is 0 Å². The van der Waals surface area contributed by atoms with Gasteiger partial charge in [-0.1, -0.05) is 38.5 Å². The molecule has 8 nitrogen and oxygen atoms in total. The average Bonchev–Trinajstić information content (AvgIpc) is 2.63. The van der Waals surface area contributed by atoms with E-state index >= 15 is 0 Å². The molecule has 0 spiro atoms. The fourth-order valence-corrected chi connectivity index (χ4v) is 2.17. The van der Waals surface area contributed by atoms with Crippen LogP contribution in [0.2, 0.25) is 0 Å². The Hall–Kier alpha value is -0.270. The molecule has 0 N–H and O–H groups in total. The third-order valence-corrected chi connectivity index (χ3v) is 3.54. The van der Waals surface area contributed by atoms with E-state index in [4.69, 9.17) is 9.47 Å². The summed E-state index contributed by atoms with van der Waals surface area (Å²) >= 11 is 0. The van der Waals surface area contributed by atoms with Gasteiger partial charge in [0, 0.05) is 12.3 Å². The van der Waals surface area contributed by atoms with E-state index in [1.54, 1.807) is 6.92 Å². The number of unbranched alkanes of at least 4 members (excludes halogenated alkanes) is 4. The van der Waals surface area contributed by atoms with Crippen molar-refractivity contribution in [2.45, 2.75) is 58.5 Å². The predicted octanol–water partition coefficient (Wildman–Crippen LogP) is -5.31. The van der Waals surface area contributed by atoms with Gasteiger partial charge in [0.2, 0.25) is 0 Å². The minimum Gasteiger partial charge on any atom is -0.790 e. The second-order valence-corrected chi connectivity index (χ2v) is 6.65. The van der Waals surface area contributed by atoms with E-state index in [0.29, 0.717) is 6.42 Å². The Morgan fingerprint density at radius 2 is 1.60 bits per heavy atom. The number of rotatable bonds is 12. The van der Waals surface area contributed by atoms with Gasteiger partial charge in [0.15, 0.2) is 6.10 Å². The van der Waals surface area contributed by atoms with Crippen LogP contribution >= 0.6 is 7.82 Å². The summed E-state index contributed by atoms with van der Waals surface area (Å²) in [5, 5.41) is 0. The predicted molar refractivity (Wildman–Crippen MR) is 96.8 cm³/mol. The summed E-state index contributed by atoms with van der Waals surface area (Å²) in [4.78, 5) is 44.5. The maximum atomic E-state index is 11.8. The second-order valence-electron chi connectivity index (χ2n) is 5.49. The molecule has 0 radical (unpaired) electrons. The van der Waals surface area contributed by atoms with Gasteiger partial charge in [-0.05, 0) is 37.0 Å². The normalized spacial score (nSPS) is 10.1. The summed E-state index contributed by atoms with van der Waals surface area (Å²) in [6.45, 7) is 2.39. The Balaban J connectivity index is -0.00000364. The summed E-state index contributed by atoms with van der Waals surface area (Å²) < 4.78 is 24.5. The molecule has 0 fully saturated rings. The van der Waals surface area contributed by atoms with Crippen molar-refractivity contribution in [2.24, 2.45) is 0 Å². The largest absolute Gasteiger partial charge is 1.00 e. The first kappa shape index (κ1) is 34.3. The van der Waals surface area contributed by atoms with Crippen LogP contribution in [-0.2, 0) is 28.2 Å². The molecule has 0 saturated carbocycles. The molecule has 0 aliphatic carbocycles. The number of phosphoric acid groups is 1. The molecular formula is C19H23Na2O8P. The summed E-state index contributed by atoms with van der Waals surface area (Å²) in [7, 11) is -5.26. The van der Waals surface area contributed by atoms with Crippen molar-refractivity contribution in [3.8, 4) is 35.5 Å². The van der Waals surface area contributed by atoms with E-state index in [1.165, 1.54) is 0 Å². The molecule has 0 bridgehead atoms. The molecule has 0 amide bonds. The van der Waals surface area contributed by atoms with Crippen LogP contribution in [0.5, 0.6) is 0 Å². The molecular weight excluding hydrogens is 433 g/mol. The maximum Gasteiger partial charge on any atom is 1.00 e. The van der Waals surface area contributed by atoms with Crippen molar-refractivity contribution in [2.75, 3.05) is 13.2 Å². The van der Waals surface area contributed by atoms with Crippen LogP contribution in [0.3, 0.4) is 0 Å². The summed E-state index contributed by atoms with van der Waals surface area (Å²) in [5.41, 5.74) is 0. The fourth-order valence-electron chi connectivity index (χ4n) is 1.82. The topological polar surface area (TPSA) is 125 Å². The van der Waals surface area contributed by atoms with Crippen LogP contribution in [0.4, 0.5) is 0 Å². The van der Waals surface area contributed by atoms with Crippen molar-refractivity contribution in [1.29, 1.82) is 0 Å². The quantitative estimate of drug-likeness (QED) is 0.0712. The van der Waals surface area contributed by atoms with Crippen molar-refractivity contribution >= 4 is 19.8 Å². The molecule has 30 heavy (non-hydrogen) atoms. The molecule has 0 heterocycles. The number of hydrogen-bond donors (Lipinski definition) is 0. The Kier molecular flexibility index (Phi) is 25.1. The van der Waals surface area contributed by atoms with Crippen LogP contribution in [0.15, 0.2) is 0 Å². The van der Waals surface area contributed by atoms with Crippen LogP contribution in [0, 0.1) is 35.5 Å². The molecule has 154 valence electrons. The molecule has 0 aromatic rings. The van der Waals surface area contributed by atoms with Crippen molar-refractivity contribution < 1.29 is 97.1 Å². The van der Waals surface area contributed by atoms with Gasteiger partial charge < -0.3 is 28.3 Å². The number of phosphoric ester groups is 1. The maximum absolute atomic E-state index is 11.8. The van der Waals surface area contributed by atoms with E-state index < -0.39 is 39.1 Å². The van der Waals surface area contributed by atoms with Crippen LogP contribution in [0.25, 0.3) is 0 Å². The number of hydrogen-bond acceptors (Lipinski definition) is 8. The van der Waals surface area contributed by atoms with E-state index in [9.17, 15) is 23.9 Å². The Morgan fingerprint density at radius 3 is 2.20 bits per heavy atom. The van der Waals surface area contributed by atoms with Gasteiger partial charge in [-0.25, -0.2) is 4.79 Å². The molecule has 0 aromatic carbocycles. The fraction of sp³-hybridized carbons (Fsp3) is 0.579. The Bertz CT molecular complexity index is 731. The smallest absolute Gasteiger partial charge is 0.790 e. The zero-order valence-corrected chi connectivity index (χ0v) is 22.8. The van der Waals surface area contributed by atoms with Gasteiger partial charge >= 0.3 is 71.1 Å². The van der Waals surface area contributed by atoms with Gasteiger partial charge in [-0.15, -0.1) is 0 Å². The van der Waals surface area contributed by atoms with E-state index in [2.05, 4.69) is 47.0 Å². The van der Waals surface area contributed by atoms with Crippen LogP contribution in [-0.4, -0.2) is 31.3 Å². The number of carbonyl (C=O) groups excluding carboxylic acids is 2. The number of ether oxygens (including phenoxy) is 2. The molecule has 0 saturated heterocycles. The van der Waals surface area contributed by atoms with Crippen molar-refractivity contribution in [3.63, 3.8) is 0 Å². The first-order valence-electron chi connectivity index (χ1n) is 8.74. The molecule has 0 aliphatic heterocycles. The van der Waals surface area contributed by atoms with Crippen molar-refractivity contribution in [1.82, 2.24) is 0 Å². The molecule has 0 unspecified atom stereocenters. The molecule has 0 aromatic heterocycles. The first-order chi connectivity index (χ1) is 13.3. The summed E-state index contributed by atoms with van der Waals surface area (Å²) in [6, 6.07) is 0. The molecule has 0 rings (SSSR count). The summed E-state index contributed by atoms with van der Waals surface area (Å²) in [6.07, 6.45) is 3.47. The summed E-state index contributed by atoms with van der Waals surface area (Å²) in [5.74, 6) is 12.3. The van der Waals surface area contributed by atoms with Gasteiger partial charge in [0.1, 0.15) is 6.61 Å². The first-order valence-corrected chi connectivity index (χ1v) is 10.2. The monoisotopic (exact) mass is 456 g/mol. The number of esters is 2. The minimum absolute atomic E-state index is 0. The SMILES string of the molecule is CC#CC#CC#CC(=O)OC[C@H](COP(=O)([O-])[O-])OC(=O)CCCCCCC.[Na+].[Na+]. The standard InChI is InChI=1S/C19H25O8P.2Na/c1-3-5-7-9-11-13-18(20)25-15-17(16-26-28(22,23)24)27-19(21)14-12-10-8-6-4-2;;/h17H,4,6,8,10,12,14-16H2,1-2H3,(H2,22,23,24);;/q;2*+1/p-2/t17-;;/m1../s1. The van der Waals surface area contributed by atoms with Gasteiger partial charge in [-0.2, -0.15) is 0 Å². The van der Waals surface area contributed by atoms with E-state index in [1.807, 2.05) is 0 Å². The third-order valence-electron chi connectivity index (χ3n) is 3.08. The van der Waals surface area contributed by atoms with Gasteiger partial charge in [0.05, 0.1) is 14.4 Å². The zero-order chi connectivity index (χ0) is 21.3. The number of carbonyl (C=O) groups is 2. The molecule has 11 heteroatoms. The van der Waals surface area contributed by atoms with Gasteiger partial charge in [0.25, 0.3) is 0 Å². The zero-order valence-electron chi connectivity index (χ0n) is 17.9. The van der Waals surface area contributed by atoms with E-state index in [0.717, 1.165) is 25.7 Å². The van der Waals surface area contributed by atoms with E-state index in [-0.39, 0.29) is 65.5 Å². The van der Waals surface area contributed by atoms with Crippen LogP contribution < -0.4 is 68.9 Å². The third kappa shape index (κ3) is 24.0. The van der Waals surface area contributed by atoms with Crippen LogP contribution in [0.1, 0.15) is 52.4 Å².